The van der Waals surface area contributed by atoms with Crippen molar-refractivity contribution in [2.45, 2.75) is 19.8 Å². The van der Waals surface area contributed by atoms with Crippen LogP contribution in [0.2, 0.25) is 0 Å². The topological polar surface area (TPSA) is 59.9 Å². The summed E-state index contributed by atoms with van der Waals surface area (Å²) in [6, 6.07) is 7.65. The van der Waals surface area contributed by atoms with E-state index in [0.717, 1.165) is 18.7 Å². The third kappa shape index (κ3) is 3.48. The zero-order valence-electron chi connectivity index (χ0n) is 10.3. The minimum Gasteiger partial charge on any atom is -0.465 e. The number of nitrogens with one attached hydrogen (secondary N) is 1. The molecule has 1 aromatic rings. The van der Waals surface area contributed by atoms with E-state index >= 15 is 0 Å². The molecule has 0 unspecified atom stereocenters. The SMILES string of the molecule is CCC(=O)Oc1ccc(NC2=NCCCO2)cc1. The molecule has 1 N–H and O–H groups in total. The first-order valence-electron chi connectivity index (χ1n) is 6.03. The van der Waals surface area contributed by atoms with E-state index in [2.05, 4.69) is 10.3 Å². The minimum absolute atomic E-state index is 0.240. The molecular weight excluding hydrogens is 232 g/mol. The van der Waals surface area contributed by atoms with Crippen LogP contribution >= 0.6 is 0 Å². The van der Waals surface area contributed by atoms with Crippen molar-refractivity contribution in [3.05, 3.63) is 24.3 Å². The van der Waals surface area contributed by atoms with Crippen LogP contribution in [0, 0.1) is 0 Å². The van der Waals surface area contributed by atoms with E-state index in [-0.39, 0.29) is 5.97 Å². The lowest BCUT2D eigenvalue weighted by molar-refractivity contribution is -0.134. The number of nitrogens with zero attached hydrogens (tertiary/aromatic N) is 1. The van der Waals surface area contributed by atoms with E-state index in [1.54, 1.807) is 19.1 Å². The second-order valence-corrected chi connectivity index (χ2v) is 3.87. The summed E-state index contributed by atoms with van der Waals surface area (Å²) in [5.41, 5.74) is 0.854. The highest BCUT2D eigenvalue weighted by Crippen LogP contribution is 2.16. The third-order valence-electron chi connectivity index (χ3n) is 2.42. The number of carbonyl (C=O) groups excluding carboxylic acids is 1. The lowest BCUT2D eigenvalue weighted by Crippen LogP contribution is -2.21. The van der Waals surface area contributed by atoms with Gasteiger partial charge in [-0.05, 0) is 24.3 Å². The molecule has 18 heavy (non-hydrogen) atoms. The van der Waals surface area contributed by atoms with Crippen LogP contribution < -0.4 is 10.1 Å². The molecule has 0 bridgehead atoms. The number of aliphatic imine (C=N–C) groups is 1. The molecule has 1 heterocycles. The molecule has 5 nitrogen and oxygen atoms in total. The lowest BCUT2D eigenvalue weighted by atomic mass is 10.3. The lowest BCUT2D eigenvalue weighted by Gasteiger charge is -2.15. The molecule has 0 atom stereocenters. The number of anilines is 1. The number of esters is 1. The van der Waals surface area contributed by atoms with E-state index < -0.39 is 0 Å². The molecule has 0 saturated carbocycles. The number of benzene rings is 1. The molecule has 0 spiro atoms. The van der Waals surface area contributed by atoms with Crippen molar-refractivity contribution in [1.82, 2.24) is 0 Å². The standard InChI is InChI=1S/C13H16N2O3/c1-2-12(16)18-11-6-4-10(5-7-11)15-13-14-8-3-9-17-13/h4-7H,2-3,8-9H2,1H3,(H,14,15). The molecule has 0 saturated heterocycles. The van der Waals surface area contributed by atoms with Gasteiger partial charge in [0.1, 0.15) is 5.75 Å². The van der Waals surface area contributed by atoms with E-state index in [1.807, 2.05) is 12.1 Å². The quantitative estimate of drug-likeness (QED) is 0.658. The Morgan fingerprint density at radius 2 is 2.22 bits per heavy atom. The number of hydrogen-bond acceptors (Lipinski definition) is 5. The summed E-state index contributed by atoms with van der Waals surface area (Å²) in [6.07, 6.45) is 1.32. The van der Waals surface area contributed by atoms with Crippen LogP contribution in [0.1, 0.15) is 19.8 Å². The van der Waals surface area contributed by atoms with Gasteiger partial charge in [-0.2, -0.15) is 0 Å². The normalized spacial score (nSPS) is 14.4. The Balaban J connectivity index is 1.94. The van der Waals surface area contributed by atoms with Crippen molar-refractivity contribution < 1.29 is 14.3 Å². The number of rotatable bonds is 3. The first kappa shape index (κ1) is 12.4. The van der Waals surface area contributed by atoms with Gasteiger partial charge in [0.25, 0.3) is 6.02 Å². The van der Waals surface area contributed by atoms with E-state index in [1.165, 1.54) is 0 Å². The van der Waals surface area contributed by atoms with E-state index in [4.69, 9.17) is 9.47 Å². The first-order valence-corrected chi connectivity index (χ1v) is 6.03. The maximum absolute atomic E-state index is 11.1. The molecule has 1 aliphatic rings. The summed E-state index contributed by atoms with van der Waals surface area (Å²) >= 11 is 0. The van der Waals surface area contributed by atoms with Crippen LogP contribution in [-0.2, 0) is 9.53 Å². The number of ether oxygens (including phenoxy) is 2. The summed E-state index contributed by atoms with van der Waals surface area (Å²) < 4.78 is 10.4. The summed E-state index contributed by atoms with van der Waals surface area (Å²) in [5.74, 6) is 0.301. The Labute approximate surface area is 106 Å². The molecule has 0 amide bonds. The highest BCUT2D eigenvalue weighted by Gasteiger charge is 2.06. The molecule has 1 aliphatic heterocycles. The van der Waals surface area contributed by atoms with Gasteiger partial charge in [0, 0.05) is 25.1 Å². The van der Waals surface area contributed by atoms with Crippen LogP contribution in [0.4, 0.5) is 5.69 Å². The average Bonchev–Trinajstić information content (AvgIpc) is 2.42. The Morgan fingerprint density at radius 1 is 1.44 bits per heavy atom. The van der Waals surface area contributed by atoms with Crippen molar-refractivity contribution in [2.24, 2.45) is 4.99 Å². The monoisotopic (exact) mass is 248 g/mol. The van der Waals surface area contributed by atoms with E-state index in [0.29, 0.717) is 24.8 Å². The van der Waals surface area contributed by atoms with Crippen molar-refractivity contribution in [2.75, 3.05) is 18.5 Å². The Kier molecular flexibility index (Phi) is 4.17. The zero-order valence-corrected chi connectivity index (χ0v) is 10.3. The van der Waals surface area contributed by atoms with Crippen molar-refractivity contribution >= 4 is 17.7 Å². The molecule has 0 aromatic heterocycles. The van der Waals surface area contributed by atoms with Gasteiger partial charge in [-0.3, -0.25) is 4.79 Å². The zero-order chi connectivity index (χ0) is 12.8. The fourth-order valence-electron chi connectivity index (χ4n) is 1.47. The molecule has 0 aliphatic carbocycles. The Morgan fingerprint density at radius 3 is 2.83 bits per heavy atom. The number of amidine groups is 1. The molecular formula is C13H16N2O3. The largest absolute Gasteiger partial charge is 0.465 e. The number of carbonyl (C=O) groups is 1. The second-order valence-electron chi connectivity index (χ2n) is 3.87. The average molecular weight is 248 g/mol. The van der Waals surface area contributed by atoms with Gasteiger partial charge in [-0.1, -0.05) is 6.92 Å². The molecule has 96 valence electrons. The van der Waals surface area contributed by atoms with E-state index in [9.17, 15) is 4.79 Å². The van der Waals surface area contributed by atoms with Crippen LogP contribution in [0.25, 0.3) is 0 Å². The van der Waals surface area contributed by atoms with Crippen molar-refractivity contribution in [3.63, 3.8) is 0 Å². The second kappa shape index (κ2) is 6.05. The fraction of sp³-hybridized carbons (Fsp3) is 0.385. The van der Waals surface area contributed by atoms with Gasteiger partial charge in [0.2, 0.25) is 0 Å². The van der Waals surface area contributed by atoms with Gasteiger partial charge in [0.15, 0.2) is 0 Å². The fourth-order valence-corrected chi connectivity index (χ4v) is 1.47. The maximum atomic E-state index is 11.1. The maximum Gasteiger partial charge on any atom is 0.310 e. The summed E-state index contributed by atoms with van der Waals surface area (Å²) in [6.45, 7) is 3.24. The molecule has 0 radical (unpaired) electrons. The van der Waals surface area contributed by atoms with Gasteiger partial charge < -0.3 is 14.8 Å². The van der Waals surface area contributed by atoms with Gasteiger partial charge in [-0.15, -0.1) is 0 Å². The minimum atomic E-state index is -0.240. The van der Waals surface area contributed by atoms with Crippen LogP contribution in [0.3, 0.4) is 0 Å². The van der Waals surface area contributed by atoms with Gasteiger partial charge >= 0.3 is 5.97 Å². The summed E-state index contributed by atoms with van der Waals surface area (Å²) in [4.78, 5) is 15.3. The predicted octanol–water partition coefficient (Wildman–Crippen LogP) is 2.19. The van der Waals surface area contributed by atoms with Crippen molar-refractivity contribution in [3.8, 4) is 5.75 Å². The third-order valence-corrected chi connectivity index (χ3v) is 2.42. The molecule has 5 heteroatoms. The Hall–Kier alpha value is -2.04. The molecule has 0 fully saturated rings. The van der Waals surface area contributed by atoms with Gasteiger partial charge in [0.05, 0.1) is 6.61 Å². The van der Waals surface area contributed by atoms with Crippen molar-refractivity contribution in [1.29, 1.82) is 0 Å². The van der Waals surface area contributed by atoms with Crippen LogP contribution in [0.5, 0.6) is 5.75 Å². The molecule has 1 aromatic carbocycles. The highest BCUT2D eigenvalue weighted by atomic mass is 16.5. The predicted molar refractivity (Wildman–Crippen MR) is 68.9 cm³/mol. The van der Waals surface area contributed by atoms with Gasteiger partial charge in [-0.25, -0.2) is 4.99 Å². The highest BCUT2D eigenvalue weighted by molar-refractivity contribution is 5.89. The smallest absolute Gasteiger partial charge is 0.310 e. The summed E-state index contributed by atoms with van der Waals surface area (Å²) in [5, 5.41) is 3.06. The van der Waals surface area contributed by atoms with Crippen LogP contribution in [-0.4, -0.2) is 25.1 Å². The summed E-state index contributed by atoms with van der Waals surface area (Å²) in [7, 11) is 0. The Bertz CT molecular complexity index is 440. The first-order chi connectivity index (χ1) is 8.78. The number of hydrogen-bond donors (Lipinski definition) is 1. The van der Waals surface area contributed by atoms with Crippen LogP contribution in [0.15, 0.2) is 29.3 Å². The molecule has 2 rings (SSSR count).